The monoisotopic (exact) mass is 268 g/mol. The van der Waals surface area contributed by atoms with E-state index in [0.29, 0.717) is 5.82 Å². The van der Waals surface area contributed by atoms with E-state index in [2.05, 4.69) is 15.5 Å². The van der Waals surface area contributed by atoms with Crippen LogP contribution in [0.25, 0.3) is 11.3 Å². The highest BCUT2D eigenvalue weighted by Crippen LogP contribution is 2.33. The summed E-state index contributed by atoms with van der Waals surface area (Å²) in [6.45, 7) is 6.09. The second-order valence-corrected chi connectivity index (χ2v) is 4.56. The molecule has 5 nitrogen and oxygen atoms in total. The van der Waals surface area contributed by atoms with Crippen LogP contribution >= 0.6 is 0 Å². The summed E-state index contributed by atoms with van der Waals surface area (Å²) in [7, 11) is 1.67. The van der Waals surface area contributed by atoms with E-state index in [1.807, 2.05) is 39.1 Å². The molecule has 0 spiro atoms. The van der Waals surface area contributed by atoms with Gasteiger partial charge in [0, 0.05) is 5.56 Å². The zero-order valence-corrected chi connectivity index (χ0v) is 12.0. The molecule has 0 saturated heterocycles. The Labute approximate surface area is 118 Å². The molecule has 1 aromatic heterocycles. The highest BCUT2D eigenvalue weighted by atomic mass is 16.5. The van der Waals surface area contributed by atoms with Crippen molar-refractivity contribution >= 4 is 5.82 Å². The van der Waals surface area contributed by atoms with Crippen molar-refractivity contribution in [3.63, 3.8) is 0 Å². The molecule has 0 aliphatic rings. The van der Waals surface area contributed by atoms with E-state index in [9.17, 15) is 0 Å². The number of hydrogen-bond acceptors (Lipinski definition) is 5. The first-order chi connectivity index (χ1) is 9.58. The fourth-order valence-corrected chi connectivity index (χ4v) is 2.24. The molecular formula is C15H16N4O. The minimum Gasteiger partial charge on any atom is -0.496 e. The van der Waals surface area contributed by atoms with Crippen LogP contribution in [-0.4, -0.2) is 17.3 Å². The Morgan fingerprint density at radius 3 is 2.45 bits per heavy atom. The third-order valence-corrected chi connectivity index (χ3v) is 3.37. The minimum atomic E-state index is 0.441. The van der Waals surface area contributed by atoms with Gasteiger partial charge >= 0.3 is 0 Å². The van der Waals surface area contributed by atoms with E-state index in [4.69, 9.17) is 10.00 Å². The van der Waals surface area contributed by atoms with Gasteiger partial charge in [-0.25, -0.2) is 0 Å². The zero-order chi connectivity index (χ0) is 14.7. The first-order valence-electron chi connectivity index (χ1n) is 6.22. The van der Waals surface area contributed by atoms with Crippen LogP contribution in [0.2, 0.25) is 0 Å². The first kappa shape index (κ1) is 13.8. The number of aromatic nitrogens is 2. The van der Waals surface area contributed by atoms with Gasteiger partial charge in [-0.2, -0.15) is 5.26 Å². The van der Waals surface area contributed by atoms with Gasteiger partial charge in [-0.1, -0.05) is 0 Å². The first-order valence-corrected chi connectivity index (χ1v) is 6.22. The van der Waals surface area contributed by atoms with Gasteiger partial charge in [-0.05, 0) is 55.7 Å². The number of nitrogens with one attached hydrogen (secondary N) is 1. The predicted molar refractivity (Wildman–Crippen MR) is 77.5 cm³/mol. The molecule has 2 aromatic rings. The van der Waals surface area contributed by atoms with Crippen molar-refractivity contribution in [3.05, 3.63) is 34.9 Å². The lowest BCUT2D eigenvalue weighted by molar-refractivity contribution is 0.411. The Kier molecular flexibility index (Phi) is 3.85. The lowest BCUT2D eigenvalue weighted by Gasteiger charge is -2.15. The Hall–Kier alpha value is -2.61. The lowest BCUT2D eigenvalue weighted by atomic mass is 9.95. The minimum absolute atomic E-state index is 0.441. The maximum Gasteiger partial charge on any atom is 0.182 e. The maximum atomic E-state index is 8.55. The standard InChI is InChI=1S/C15H16N4O/c1-9-7-13(20-4)10(2)11(3)15(9)12-5-6-14(17-8-16)19-18-12/h5-7H,1-4H3,(H,17,19). The topological polar surface area (TPSA) is 70.8 Å². The molecule has 0 unspecified atom stereocenters. The number of aryl methyl sites for hydroxylation is 1. The second-order valence-electron chi connectivity index (χ2n) is 4.56. The SMILES string of the molecule is COc1cc(C)c(-c2ccc(NC#N)nn2)c(C)c1C. The molecule has 0 fully saturated rings. The summed E-state index contributed by atoms with van der Waals surface area (Å²) in [5.74, 6) is 1.32. The lowest BCUT2D eigenvalue weighted by Crippen LogP contribution is -2.00. The van der Waals surface area contributed by atoms with Crippen molar-refractivity contribution in [1.29, 1.82) is 5.26 Å². The average molecular weight is 268 g/mol. The molecule has 102 valence electrons. The summed E-state index contributed by atoms with van der Waals surface area (Å²) in [6.07, 6.45) is 1.82. The summed E-state index contributed by atoms with van der Waals surface area (Å²) in [5.41, 5.74) is 5.14. The molecule has 0 amide bonds. The predicted octanol–water partition coefficient (Wildman–Crippen LogP) is 2.97. The van der Waals surface area contributed by atoms with E-state index in [1.165, 1.54) is 0 Å². The van der Waals surface area contributed by atoms with Crippen molar-refractivity contribution < 1.29 is 4.74 Å². The summed E-state index contributed by atoms with van der Waals surface area (Å²) < 4.78 is 5.37. The fraction of sp³-hybridized carbons (Fsp3) is 0.267. The summed E-state index contributed by atoms with van der Waals surface area (Å²) in [6, 6.07) is 5.60. The maximum absolute atomic E-state index is 8.55. The quantitative estimate of drug-likeness (QED) is 0.684. The Morgan fingerprint density at radius 2 is 1.90 bits per heavy atom. The third-order valence-electron chi connectivity index (χ3n) is 3.37. The molecule has 1 heterocycles. The van der Waals surface area contributed by atoms with Crippen molar-refractivity contribution in [3.8, 4) is 23.2 Å². The fourth-order valence-electron chi connectivity index (χ4n) is 2.24. The van der Waals surface area contributed by atoms with Crippen LogP contribution < -0.4 is 10.1 Å². The molecule has 20 heavy (non-hydrogen) atoms. The highest BCUT2D eigenvalue weighted by molar-refractivity contribution is 5.71. The molecule has 0 saturated carbocycles. The summed E-state index contributed by atoms with van der Waals surface area (Å²) in [4.78, 5) is 0. The molecule has 1 aromatic carbocycles. The Balaban J connectivity index is 2.53. The Morgan fingerprint density at radius 1 is 1.15 bits per heavy atom. The molecule has 1 N–H and O–H groups in total. The molecule has 0 atom stereocenters. The summed E-state index contributed by atoms with van der Waals surface area (Å²) >= 11 is 0. The van der Waals surface area contributed by atoms with Crippen LogP contribution in [0.1, 0.15) is 16.7 Å². The van der Waals surface area contributed by atoms with Crippen LogP contribution in [0.15, 0.2) is 18.2 Å². The number of rotatable bonds is 3. The van der Waals surface area contributed by atoms with Gasteiger partial charge in [0.05, 0.1) is 12.8 Å². The van der Waals surface area contributed by atoms with E-state index < -0.39 is 0 Å². The van der Waals surface area contributed by atoms with Gasteiger partial charge in [0.1, 0.15) is 5.75 Å². The second kappa shape index (κ2) is 5.57. The van der Waals surface area contributed by atoms with Crippen LogP contribution in [0.4, 0.5) is 5.82 Å². The number of methoxy groups -OCH3 is 1. The molecule has 0 aliphatic carbocycles. The van der Waals surface area contributed by atoms with Crippen LogP contribution in [0.5, 0.6) is 5.75 Å². The molecule has 5 heteroatoms. The summed E-state index contributed by atoms with van der Waals surface area (Å²) in [5, 5.41) is 19.2. The molecular weight excluding hydrogens is 252 g/mol. The number of anilines is 1. The average Bonchev–Trinajstić information content (AvgIpc) is 2.45. The largest absolute Gasteiger partial charge is 0.496 e. The normalized spacial score (nSPS) is 9.95. The van der Waals surface area contributed by atoms with Gasteiger partial charge in [-0.15, -0.1) is 10.2 Å². The van der Waals surface area contributed by atoms with Crippen molar-refractivity contribution in [2.24, 2.45) is 0 Å². The number of benzene rings is 1. The van der Waals surface area contributed by atoms with Gasteiger partial charge in [0.25, 0.3) is 0 Å². The van der Waals surface area contributed by atoms with Gasteiger partial charge < -0.3 is 4.74 Å². The van der Waals surface area contributed by atoms with Crippen molar-refractivity contribution in [1.82, 2.24) is 10.2 Å². The zero-order valence-electron chi connectivity index (χ0n) is 12.0. The Bertz CT molecular complexity index is 672. The van der Waals surface area contributed by atoms with Crippen LogP contribution in [-0.2, 0) is 0 Å². The molecule has 0 radical (unpaired) electrons. The van der Waals surface area contributed by atoms with E-state index in [1.54, 1.807) is 13.2 Å². The van der Waals surface area contributed by atoms with Crippen molar-refractivity contribution in [2.75, 3.05) is 12.4 Å². The molecule has 2 rings (SSSR count). The smallest absolute Gasteiger partial charge is 0.182 e. The van der Waals surface area contributed by atoms with E-state index >= 15 is 0 Å². The highest BCUT2D eigenvalue weighted by Gasteiger charge is 2.13. The molecule has 0 aliphatic heterocycles. The number of nitrogens with zero attached hydrogens (tertiary/aromatic N) is 3. The van der Waals surface area contributed by atoms with E-state index in [0.717, 1.165) is 33.7 Å². The van der Waals surface area contributed by atoms with Crippen LogP contribution in [0, 0.1) is 32.2 Å². The number of hydrogen-bond donors (Lipinski definition) is 1. The van der Waals surface area contributed by atoms with Crippen molar-refractivity contribution in [2.45, 2.75) is 20.8 Å². The van der Waals surface area contributed by atoms with Gasteiger partial charge in [0.15, 0.2) is 12.0 Å². The van der Waals surface area contributed by atoms with E-state index in [-0.39, 0.29) is 0 Å². The third kappa shape index (κ3) is 2.41. The number of ether oxygens (including phenoxy) is 1. The number of nitriles is 1. The van der Waals surface area contributed by atoms with Crippen LogP contribution in [0.3, 0.4) is 0 Å². The molecule has 0 bridgehead atoms. The van der Waals surface area contributed by atoms with Gasteiger partial charge in [0.2, 0.25) is 0 Å². The van der Waals surface area contributed by atoms with Gasteiger partial charge in [-0.3, -0.25) is 5.32 Å².